The second kappa shape index (κ2) is 6.95. The summed E-state index contributed by atoms with van der Waals surface area (Å²) in [6.07, 6.45) is 2.40. The Labute approximate surface area is 87.5 Å². The number of carboxylic acid groups (broad SMARTS) is 1. The van der Waals surface area contributed by atoms with Gasteiger partial charge in [0, 0.05) is 22.8 Å². The highest BCUT2D eigenvalue weighted by atomic mass is 32.2. The van der Waals surface area contributed by atoms with E-state index in [0.717, 1.165) is 6.42 Å². The Bertz CT molecular complexity index is 206. The summed E-state index contributed by atoms with van der Waals surface area (Å²) in [7, 11) is -0.789. The molecule has 0 fully saturated rings. The molecule has 0 aliphatic rings. The average molecular weight is 221 g/mol. The molecule has 0 aromatic heterocycles. The van der Waals surface area contributed by atoms with Crippen molar-refractivity contribution in [1.82, 2.24) is 5.32 Å². The van der Waals surface area contributed by atoms with Crippen molar-refractivity contribution in [2.45, 2.75) is 26.3 Å². The summed E-state index contributed by atoms with van der Waals surface area (Å²) in [5, 5.41) is 11.8. The zero-order valence-electron chi connectivity index (χ0n) is 8.95. The van der Waals surface area contributed by atoms with Gasteiger partial charge in [0.05, 0.1) is 0 Å². The van der Waals surface area contributed by atoms with Crippen LogP contribution < -0.4 is 5.32 Å². The van der Waals surface area contributed by atoms with Crippen molar-refractivity contribution in [2.75, 3.05) is 18.6 Å². The van der Waals surface area contributed by atoms with Gasteiger partial charge in [0.2, 0.25) is 0 Å². The zero-order chi connectivity index (χ0) is 11.1. The SMILES string of the molecule is CC(C)C(NCCCS(C)=O)C(=O)O. The molecule has 2 unspecified atom stereocenters. The van der Waals surface area contributed by atoms with Gasteiger partial charge < -0.3 is 10.4 Å². The van der Waals surface area contributed by atoms with Gasteiger partial charge in [-0.1, -0.05) is 13.8 Å². The van der Waals surface area contributed by atoms with E-state index >= 15 is 0 Å². The maximum atomic E-state index is 10.7. The Morgan fingerprint density at radius 2 is 2.07 bits per heavy atom. The van der Waals surface area contributed by atoms with Gasteiger partial charge >= 0.3 is 5.97 Å². The quantitative estimate of drug-likeness (QED) is 0.613. The predicted molar refractivity (Wildman–Crippen MR) is 57.8 cm³/mol. The molecule has 0 aromatic carbocycles. The number of hydrogen-bond acceptors (Lipinski definition) is 3. The zero-order valence-corrected chi connectivity index (χ0v) is 9.76. The van der Waals surface area contributed by atoms with Crippen LogP contribution in [0, 0.1) is 5.92 Å². The molecule has 2 N–H and O–H groups in total. The van der Waals surface area contributed by atoms with E-state index in [0.29, 0.717) is 12.3 Å². The minimum absolute atomic E-state index is 0.0691. The summed E-state index contributed by atoms with van der Waals surface area (Å²) >= 11 is 0. The summed E-state index contributed by atoms with van der Waals surface area (Å²) in [6, 6.07) is -0.500. The molecule has 2 atom stereocenters. The van der Waals surface area contributed by atoms with Gasteiger partial charge in [-0.3, -0.25) is 9.00 Å². The Balaban J connectivity index is 3.73. The second-order valence-electron chi connectivity index (χ2n) is 3.64. The van der Waals surface area contributed by atoms with Crippen LogP contribution in [0.15, 0.2) is 0 Å². The lowest BCUT2D eigenvalue weighted by atomic mass is 10.1. The first-order chi connectivity index (χ1) is 6.45. The molecule has 0 rings (SSSR count). The molecule has 0 saturated heterocycles. The second-order valence-corrected chi connectivity index (χ2v) is 5.20. The number of carboxylic acids is 1. The van der Waals surface area contributed by atoms with Crippen LogP contribution in [-0.4, -0.2) is 39.9 Å². The van der Waals surface area contributed by atoms with E-state index in [2.05, 4.69) is 5.32 Å². The van der Waals surface area contributed by atoms with Crippen molar-refractivity contribution in [3.8, 4) is 0 Å². The molecule has 0 aliphatic heterocycles. The van der Waals surface area contributed by atoms with Crippen molar-refractivity contribution in [3.63, 3.8) is 0 Å². The number of carbonyl (C=O) groups is 1. The molecule has 0 amide bonds. The van der Waals surface area contributed by atoms with Gasteiger partial charge in [-0.15, -0.1) is 0 Å². The van der Waals surface area contributed by atoms with E-state index in [1.54, 1.807) is 6.26 Å². The first kappa shape index (κ1) is 13.6. The molecule has 0 saturated carbocycles. The molecule has 14 heavy (non-hydrogen) atoms. The van der Waals surface area contributed by atoms with Crippen LogP contribution in [-0.2, 0) is 15.6 Å². The molecule has 4 nitrogen and oxygen atoms in total. The maximum absolute atomic E-state index is 10.7. The monoisotopic (exact) mass is 221 g/mol. The van der Waals surface area contributed by atoms with Crippen LogP contribution in [0.2, 0.25) is 0 Å². The molecule has 0 aliphatic carbocycles. The topological polar surface area (TPSA) is 66.4 Å². The van der Waals surface area contributed by atoms with E-state index in [-0.39, 0.29) is 5.92 Å². The summed E-state index contributed by atoms with van der Waals surface area (Å²) in [4.78, 5) is 10.7. The molecule has 5 heteroatoms. The lowest BCUT2D eigenvalue weighted by Gasteiger charge is -2.17. The largest absolute Gasteiger partial charge is 0.480 e. The molecule has 0 bridgehead atoms. The Morgan fingerprint density at radius 3 is 2.43 bits per heavy atom. The average Bonchev–Trinajstić information content (AvgIpc) is 2.01. The normalized spacial score (nSPS) is 15.4. The number of aliphatic carboxylic acids is 1. The highest BCUT2D eigenvalue weighted by molar-refractivity contribution is 7.84. The lowest BCUT2D eigenvalue weighted by Crippen LogP contribution is -2.41. The van der Waals surface area contributed by atoms with Crippen molar-refractivity contribution in [1.29, 1.82) is 0 Å². The van der Waals surface area contributed by atoms with E-state index in [4.69, 9.17) is 5.11 Å². The smallest absolute Gasteiger partial charge is 0.320 e. The van der Waals surface area contributed by atoms with Crippen LogP contribution in [0.1, 0.15) is 20.3 Å². The highest BCUT2D eigenvalue weighted by Gasteiger charge is 2.19. The molecule has 0 aromatic rings. The van der Waals surface area contributed by atoms with Gasteiger partial charge in [-0.25, -0.2) is 0 Å². The minimum Gasteiger partial charge on any atom is -0.480 e. The Morgan fingerprint density at radius 1 is 1.50 bits per heavy atom. The molecule has 0 spiro atoms. The Kier molecular flexibility index (Phi) is 6.74. The minimum atomic E-state index is -0.822. The molecule has 0 radical (unpaired) electrons. The molecular formula is C9H19NO3S. The fourth-order valence-corrected chi connectivity index (χ4v) is 1.69. The third kappa shape index (κ3) is 6.10. The first-order valence-corrected chi connectivity index (χ1v) is 6.44. The van der Waals surface area contributed by atoms with Gasteiger partial charge in [0.1, 0.15) is 6.04 Å². The van der Waals surface area contributed by atoms with Crippen LogP contribution >= 0.6 is 0 Å². The third-order valence-corrected chi connectivity index (χ3v) is 2.77. The third-order valence-electron chi connectivity index (χ3n) is 1.91. The van der Waals surface area contributed by atoms with Crippen molar-refractivity contribution >= 4 is 16.8 Å². The highest BCUT2D eigenvalue weighted by Crippen LogP contribution is 2.01. The fraction of sp³-hybridized carbons (Fsp3) is 0.889. The van der Waals surface area contributed by atoms with Crippen molar-refractivity contribution < 1.29 is 14.1 Å². The summed E-state index contributed by atoms with van der Waals surface area (Å²) < 4.78 is 10.7. The van der Waals surface area contributed by atoms with Gasteiger partial charge in [-0.05, 0) is 18.9 Å². The van der Waals surface area contributed by atoms with Crippen LogP contribution in [0.5, 0.6) is 0 Å². The standard InChI is InChI=1S/C9H19NO3S/c1-7(2)8(9(11)12)10-5-4-6-14(3)13/h7-8,10H,4-6H2,1-3H3,(H,11,12). The van der Waals surface area contributed by atoms with Gasteiger partial charge in [0.25, 0.3) is 0 Å². The summed E-state index contributed by atoms with van der Waals surface area (Å²) in [5.74, 6) is -0.130. The van der Waals surface area contributed by atoms with Crippen LogP contribution in [0.25, 0.3) is 0 Å². The maximum Gasteiger partial charge on any atom is 0.320 e. The van der Waals surface area contributed by atoms with E-state index < -0.39 is 22.8 Å². The number of nitrogens with one attached hydrogen (secondary N) is 1. The molecular weight excluding hydrogens is 202 g/mol. The Hall–Kier alpha value is -0.420. The van der Waals surface area contributed by atoms with Crippen LogP contribution in [0.3, 0.4) is 0 Å². The van der Waals surface area contributed by atoms with Gasteiger partial charge in [0.15, 0.2) is 0 Å². The molecule has 0 heterocycles. The predicted octanol–water partition coefficient (Wildman–Crippen LogP) is 0.454. The number of hydrogen-bond donors (Lipinski definition) is 2. The van der Waals surface area contributed by atoms with Crippen LogP contribution in [0.4, 0.5) is 0 Å². The van der Waals surface area contributed by atoms with Gasteiger partial charge in [-0.2, -0.15) is 0 Å². The summed E-state index contributed by atoms with van der Waals surface area (Å²) in [5.41, 5.74) is 0. The first-order valence-electron chi connectivity index (χ1n) is 4.71. The lowest BCUT2D eigenvalue weighted by molar-refractivity contribution is -0.140. The van der Waals surface area contributed by atoms with E-state index in [1.165, 1.54) is 0 Å². The van der Waals surface area contributed by atoms with Crippen molar-refractivity contribution in [2.24, 2.45) is 5.92 Å². The fourth-order valence-electron chi connectivity index (χ4n) is 1.14. The molecule has 84 valence electrons. The van der Waals surface area contributed by atoms with E-state index in [1.807, 2.05) is 13.8 Å². The van der Waals surface area contributed by atoms with Crippen molar-refractivity contribution in [3.05, 3.63) is 0 Å². The van der Waals surface area contributed by atoms with E-state index in [9.17, 15) is 9.00 Å². The summed E-state index contributed by atoms with van der Waals surface area (Å²) in [6.45, 7) is 4.34. The number of rotatable bonds is 7.